The van der Waals surface area contributed by atoms with Crippen LogP contribution in [-0.2, 0) is 4.79 Å². The number of hydrogen-bond acceptors (Lipinski definition) is 7. The van der Waals surface area contributed by atoms with Gasteiger partial charge in [-0.05, 0) is 19.1 Å². The molecule has 126 valence electrons. The molecule has 0 radical (unpaired) electrons. The van der Waals surface area contributed by atoms with Gasteiger partial charge in [-0.15, -0.1) is 10.2 Å². The Kier molecular flexibility index (Phi) is 7.29. The molecule has 9 heteroatoms. The summed E-state index contributed by atoms with van der Waals surface area (Å²) in [5.74, 6) is 0.277. The lowest BCUT2D eigenvalue weighted by Gasteiger charge is -2.06. The summed E-state index contributed by atoms with van der Waals surface area (Å²) >= 11 is 4.28. The SMILES string of the molecule is C=C(C)CSc1nnc(SCC(=O)NNC(=O)c2ccccc2)s1. The van der Waals surface area contributed by atoms with Crippen molar-refractivity contribution >= 4 is 46.7 Å². The number of rotatable bonds is 7. The van der Waals surface area contributed by atoms with E-state index in [-0.39, 0.29) is 17.6 Å². The highest BCUT2D eigenvalue weighted by molar-refractivity contribution is 8.03. The van der Waals surface area contributed by atoms with E-state index in [1.54, 1.807) is 36.0 Å². The number of nitrogens with zero attached hydrogens (tertiary/aromatic N) is 2. The summed E-state index contributed by atoms with van der Waals surface area (Å²) in [7, 11) is 0. The average molecular weight is 381 g/mol. The molecule has 2 rings (SSSR count). The summed E-state index contributed by atoms with van der Waals surface area (Å²) in [5.41, 5.74) is 6.30. The van der Waals surface area contributed by atoms with Gasteiger partial charge in [0.05, 0.1) is 5.75 Å². The number of aromatic nitrogens is 2. The summed E-state index contributed by atoms with van der Waals surface area (Å²) in [6, 6.07) is 8.66. The number of nitrogens with one attached hydrogen (secondary N) is 2. The predicted octanol–water partition coefficient (Wildman–Crippen LogP) is 2.76. The average Bonchev–Trinajstić information content (AvgIpc) is 3.04. The molecule has 2 N–H and O–H groups in total. The van der Waals surface area contributed by atoms with Crippen LogP contribution in [0.15, 0.2) is 51.2 Å². The first-order valence-electron chi connectivity index (χ1n) is 6.92. The molecule has 0 unspecified atom stereocenters. The van der Waals surface area contributed by atoms with Crippen molar-refractivity contribution in [1.29, 1.82) is 0 Å². The quantitative estimate of drug-likeness (QED) is 0.437. The minimum atomic E-state index is -0.358. The lowest BCUT2D eigenvalue weighted by atomic mass is 10.2. The largest absolute Gasteiger partial charge is 0.272 e. The third kappa shape index (κ3) is 6.34. The Morgan fingerprint density at radius 1 is 1.08 bits per heavy atom. The number of amides is 2. The van der Waals surface area contributed by atoms with Crippen LogP contribution >= 0.6 is 34.9 Å². The number of carbonyl (C=O) groups is 2. The van der Waals surface area contributed by atoms with Gasteiger partial charge >= 0.3 is 0 Å². The molecule has 2 amide bonds. The lowest BCUT2D eigenvalue weighted by Crippen LogP contribution is -2.42. The first kappa shape index (κ1) is 18.5. The van der Waals surface area contributed by atoms with Gasteiger partial charge in [0, 0.05) is 11.3 Å². The minimum Gasteiger partial charge on any atom is -0.272 e. The van der Waals surface area contributed by atoms with E-state index in [0.29, 0.717) is 9.90 Å². The molecule has 0 aliphatic carbocycles. The first-order valence-corrected chi connectivity index (χ1v) is 9.71. The van der Waals surface area contributed by atoms with Gasteiger partial charge in [-0.2, -0.15) is 0 Å². The third-order valence-electron chi connectivity index (χ3n) is 2.51. The smallest absolute Gasteiger partial charge is 0.269 e. The molecule has 0 saturated carbocycles. The highest BCUT2D eigenvalue weighted by atomic mass is 32.2. The van der Waals surface area contributed by atoms with E-state index in [2.05, 4.69) is 27.6 Å². The van der Waals surface area contributed by atoms with Gasteiger partial charge in [-0.25, -0.2) is 0 Å². The van der Waals surface area contributed by atoms with E-state index >= 15 is 0 Å². The fourth-order valence-corrected chi connectivity index (χ4v) is 4.11. The standard InChI is InChI=1S/C15H16N4O2S3/c1-10(2)8-22-14-18-19-15(24-14)23-9-12(20)16-17-13(21)11-6-4-3-5-7-11/h3-7H,1,8-9H2,2H3,(H,16,20)(H,17,21). The number of benzene rings is 1. The van der Waals surface area contributed by atoms with Crippen molar-refractivity contribution in [2.75, 3.05) is 11.5 Å². The normalized spacial score (nSPS) is 10.2. The van der Waals surface area contributed by atoms with Crippen molar-refractivity contribution in [3.8, 4) is 0 Å². The Labute approximate surface area is 152 Å². The van der Waals surface area contributed by atoms with Crippen molar-refractivity contribution < 1.29 is 9.59 Å². The van der Waals surface area contributed by atoms with Crippen LogP contribution in [0.25, 0.3) is 0 Å². The molecule has 1 aromatic heterocycles. The summed E-state index contributed by atoms with van der Waals surface area (Å²) in [5, 5.41) is 8.07. The van der Waals surface area contributed by atoms with Gasteiger partial charge in [0.1, 0.15) is 0 Å². The number of thioether (sulfide) groups is 2. The summed E-state index contributed by atoms with van der Waals surface area (Å²) in [6.07, 6.45) is 0. The summed E-state index contributed by atoms with van der Waals surface area (Å²) in [4.78, 5) is 23.6. The summed E-state index contributed by atoms with van der Waals surface area (Å²) in [6.45, 7) is 5.79. The Morgan fingerprint density at radius 2 is 1.71 bits per heavy atom. The molecule has 0 fully saturated rings. The molecule has 0 spiro atoms. The second-order valence-corrected chi connectivity index (χ2v) is 8.16. The van der Waals surface area contributed by atoms with Gasteiger partial charge in [-0.1, -0.05) is 65.2 Å². The molecule has 0 atom stereocenters. The Bertz CT molecular complexity index is 719. The zero-order valence-corrected chi connectivity index (χ0v) is 15.4. The first-order chi connectivity index (χ1) is 11.5. The van der Waals surface area contributed by atoms with Crippen LogP contribution in [0.1, 0.15) is 17.3 Å². The molecule has 1 heterocycles. The van der Waals surface area contributed by atoms with Gasteiger partial charge in [0.2, 0.25) is 5.91 Å². The highest BCUT2D eigenvalue weighted by Crippen LogP contribution is 2.29. The molecular weight excluding hydrogens is 364 g/mol. The second-order valence-electron chi connectivity index (χ2n) is 4.74. The fraction of sp³-hybridized carbons (Fsp3) is 0.200. The third-order valence-corrected chi connectivity index (χ3v) is 5.93. The van der Waals surface area contributed by atoms with Crippen LogP contribution < -0.4 is 10.9 Å². The minimum absolute atomic E-state index is 0.148. The van der Waals surface area contributed by atoms with Crippen LogP contribution in [0.5, 0.6) is 0 Å². The Morgan fingerprint density at radius 3 is 2.33 bits per heavy atom. The molecular formula is C15H16N4O2S3. The van der Waals surface area contributed by atoms with E-state index in [4.69, 9.17) is 0 Å². The monoisotopic (exact) mass is 380 g/mol. The van der Waals surface area contributed by atoms with E-state index < -0.39 is 0 Å². The maximum Gasteiger partial charge on any atom is 0.269 e. The molecule has 6 nitrogen and oxygen atoms in total. The number of carbonyl (C=O) groups excluding carboxylic acids is 2. The van der Waals surface area contributed by atoms with Crippen molar-refractivity contribution in [2.24, 2.45) is 0 Å². The molecule has 2 aromatic rings. The van der Waals surface area contributed by atoms with Crippen LogP contribution in [0, 0.1) is 0 Å². The van der Waals surface area contributed by atoms with Crippen LogP contribution in [0.2, 0.25) is 0 Å². The Hall–Kier alpha value is -1.84. The van der Waals surface area contributed by atoms with Crippen molar-refractivity contribution in [2.45, 2.75) is 15.6 Å². The van der Waals surface area contributed by atoms with E-state index in [1.165, 1.54) is 23.1 Å². The maximum atomic E-state index is 11.8. The maximum absolute atomic E-state index is 11.8. The molecule has 0 aliphatic rings. The van der Waals surface area contributed by atoms with Crippen LogP contribution in [0.4, 0.5) is 0 Å². The lowest BCUT2D eigenvalue weighted by molar-refractivity contribution is -0.119. The fourth-order valence-electron chi connectivity index (χ4n) is 1.45. The van der Waals surface area contributed by atoms with E-state index in [0.717, 1.165) is 15.7 Å². The molecule has 1 aromatic carbocycles. The van der Waals surface area contributed by atoms with Crippen molar-refractivity contribution in [1.82, 2.24) is 21.0 Å². The van der Waals surface area contributed by atoms with Gasteiger partial charge in [0.25, 0.3) is 5.91 Å². The second kappa shape index (κ2) is 9.45. The van der Waals surface area contributed by atoms with E-state index in [1.807, 2.05) is 13.0 Å². The van der Waals surface area contributed by atoms with Crippen molar-refractivity contribution in [3.05, 3.63) is 48.0 Å². The van der Waals surface area contributed by atoms with E-state index in [9.17, 15) is 9.59 Å². The summed E-state index contributed by atoms with van der Waals surface area (Å²) < 4.78 is 1.56. The zero-order chi connectivity index (χ0) is 17.4. The molecule has 24 heavy (non-hydrogen) atoms. The molecule has 0 bridgehead atoms. The van der Waals surface area contributed by atoms with Crippen molar-refractivity contribution in [3.63, 3.8) is 0 Å². The van der Waals surface area contributed by atoms with Gasteiger partial charge < -0.3 is 0 Å². The molecule has 0 saturated heterocycles. The Balaban J connectivity index is 1.71. The van der Waals surface area contributed by atoms with Crippen LogP contribution in [0.3, 0.4) is 0 Å². The number of hydrazine groups is 1. The zero-order valence-electron chi connectivity index (χ0n) is 12.9. The highest BCUT2D eigenvalue weighted by Gasteiger charge is 2.10. The van der Waals surface area contributed by atoms with Gasteiger partial charge in [0.15, 0.2) is 8.68 Å². The number of hydrogen-bond donors (Lipinski definition) is 2. The van der Waals surface area contributed by atoms with Gasteiger partial charge in [-0.3, -0.25) is 20.4 Å². The topological polar surface area (TPSA) is 84.0 Å². The predicted molar refractivity (Wildman–Crippen MR) is 98.2 cm³/mol. The van der Waals surface area contributed by atoms with Crippen LogP contribution in [-0.4, -0.2) is 33.5 Å². The molecule has 0 aliphatic heterocycles.